The van der Waals surface area contributed by atoms with E-state index < -0.39 is 0 Å². The summed E-state index contributed by atoms with van der Waals surface area (Å²) < 4.78 is 6.49. The van der Waals surface area contributed by atoms with Crippen molar-refractivity contribution in [2.24, 2.45) is 5.92 Å². The molecule has 1 unspecified atom stereocenters. The van der Waals surface area contributed by atoms with E-state index in [1.165, 1.54) is 29.4 Å². The molecule has 3 nitrogen and oxygen atoms in total. The highest BCUT2D eigenvalue weighted by Gasteiger charge is 2.33. The molecule has 0 amide bonds. The summed E-state index contributed by atoms with van der Waals surface area (Å²) in [5.41, 5.74) is 1.32. The Morgan fingerprint density at radius 1 is 1.42 bits per heavy atom. The molecule has 3 rings (SSSR count). The molecule has 0 radical (unpaired) electrons. The molecule has 0 bridgehead atoms. The molecule has 1 aromatic carbocycles. The van der Waals surface area contributed by atoms with Crippen molar-refractivity contribution >= 4 is 15.9 Å². The van der Waals surface area contributed by atoms with Gasteiger partial charge in [0.05, 0.1) is 7.11 Å². The lowest BCUT2D eigenvalue weighted by Gasteiger charge is -2.34. The lowest BCUT2D eigenvalue weighted by atomic mass is 10.1. The van der Waals surface area contributed by atoms with Crippen LogP contribution in [0.4, 0.5) is 0 Å². The Morgan fingerprint density at radius 2 is 2.26 bits per heavy atom. The lowest BCUT2D eigenvalue weighted by Crippen LogP contribution is -2.51. The van der Waals surface area contributed by atoms with Gasteiger partial charge in [-0.25, -0.2) is 0 Å². The predicted molar refractivity (Wildman–Crippen MR) is 80.5 cm³/mol. The summed E-state index contributed by atoms with van der Waals surface area (Å²) in [7, 11) is 1.72. The van der Waals surface area contributed by atoms with E-state index in [-0.39, 0.29) is 0 Å². The fourth-order valence-corrected chi connectivity index (χ4v) is 3.21. The van der Waals surface area contributed by atoms with Crippen LogP contribution in [-0.4, -0.2) is 37.7 Å². The molecule has 1 saturated carbocycles. The van der Waals surface area contributed by atoms with Crippen LogP contribution in [0.15, 0.2) is 22.7 Å². The molecule has 1 saturated heterocycles. The van der Waals surface area contributed by atoms with Gasteiger partial charge in [0.2, 0.25) is 0 Å². The smallest absolute Gasteiger partial charge is 0.119 e. The number of hydrogen-bond acceptors (Lipinski definition) is 3. The maximum atomic E-state index is 5.32. The Morgan fingerprint density at radius 3 is 3.00 bits per heavy atom. The van der Waals surface area contributed by atoms with E-state index in [1.54, 1.807) is 7.11 Å². The van der Waals surface area contributed by atoms with Crippen LogP contribution >= 0.6 is 15.9 Å². The zero-order chi connectivity index (χ0) is 13.2. The van der Waals surface area contributed by atoms with Crippen LogP contribution in [0, 0.1) is 5.92 Å². The topological polar surface area (TPSA) is 24.5 Å². The van der Waals surface area contributed by atoms with E-state index in [9.17, 15) is 0 Å². The van der Waals surface area contributed by atoms with Crippen molar-refractivity contribution in [2.45, 2.75) is 25.4 Å². The number of ether oxygens (including phenoxy) is 1. The van der Waals surface area contributed by atoms with Crippen molar-refractivity contribution < 1.29 is 4.74 Å². The zero-order valence-electron chi connectivity index (χ0n) is 11.4. The number of methoxy groups -OCH3 is 1. The molecular weight excluding hydrogens is 304 g/mol. The second kappa shape index (κ2) is 5.81. The molecule has 19 heavy (non-hydrogen) atoms. The summed E-state index contributed by atoms with van der Waals surface area (Å²) in [6, 6.07) is 6.92. The quantitative estimate of drug-likeness (QED) is 0.921. The van der Waals surface area contributed by atoms with E-state index in [1.807, 2.05) is 6.07 Å². The first-order valence-corrected chi connectivity index (χ1v) is 7.83. The first-order valence-electron chi connectivity index (χ1n) is 7.04. The Bertz CT molecular complexity index is 448. The van der Waals surface area contributed by atoms with Crippen molar-refractivity contribution in [3.8, 4) is 5.75 Å². The molecule has 1 aliphatic heterocycles. The van der Waals surface area contributed by atoms with Crippen molar-refractivity contribution in [1.82, 2.24) is 10.2 Å². The Kier molecular flexibility index (Phi) is 4.10. The second-order valence-electron chi connectivity index (χ2n) is 5.59. The third-order valence-corrected chi connectivity index (χ3v) is 4.90. The van der Waals surface area contributed by atoms with Crippen LogP contribution in [0.5, 0.6) is 5.75 Å². The normalized spacial score (nSPS) is 24.4. The van der Waals surface area contributed by atoms with Crippen molar-refractivity contribution in [3.05, 3.63) is 28.2 Å². The average molecular weight is 325 g/mol. The van der Waals surface area contributed by atoms with Gasteiger partial charge in [0.15, 0.2) is 0 Å². The van der Waals surface area contributed by atoms with Crippen LogP contribution in [0.2, 0.25) is 0 Å². The number of benzene rings is 1. The van der Waals surface area contributed by atoms with Gasteiger partial charge >= 0.3 is 0 Å². The predicted octanol–water partition coefficient (Wildman–Crippen LogP) is 2.64. The van der Waals surface area contributed by atoms with Crippen molar-refractivity contribution in [2.75, 3.05) is 26.7 Å². The standard InChI is InChI=1S/C15H21BrN2O/c1-19-13-4-5-14(16)12(8-13)9-18-7-6-17-15(10-18)11-2-3-11/h4-5,8,11,15,17H,2-3,6-7,9-10H2,1H3. The Balaban J connectivity index is 1.66. The largest absolute Gasteiger partial charge is 0.497 e. The molecule has 1 aliphatic carbocycles. The molecule has 0 aromatic heterocycles. The zero-order valence-corrected chi connectivity index (χ0v) is 12.9. The number of piperazine rings is 1. The monoisotopic (exact) mass is 324 g/mol. The first-order chi connectivity index (χ1) is 9.26. The fourth-order valence-electron chi connectivity index (χ4n) is 2.84. The fraction of sp³-hybridized carbons (Fsp3) is 0.600. The molecule has 4 heteroatoms. The van der Waals surface area contributed by atoms with Crippen LogP contribution in [0.25, 0.3) is 0 Å². The molecule has 2 fully saturated rings. The maximum Gasteiger partial charge on any atom is 0.119 e. The number of halogens is 1. The van der Waals surface area contributed by atoms with Gasteiger partial charge in [-0.3, -0.25) is 4.90 Å². The summed E-state index contributed by atoms with van der Waals surface area (Å²) in [6.45, 7) is 4.42. The van der Waals surface area contributed by atoms with Crippen LogP contribution < -0.4 is 10.1 Å². The molecule has 1 N–H and O–H groups in total. The molecule has 1 aromatic rings. The molecule has 104 valence electrons. The summed E-state index contributed by atoms with van der Waals surface area (Å²) >= 11 is 3.64. The highest BCUT2D eigenvalue weighted by molar-refractivity contribution is 9.10. The van der Waals surface area contributed by atoms with Gasteiger partial charge in [-0.2, -0.15) is 0 Å². The van der Waals surface area contributed by atoms with Gasteiger partial charge in [0.25, 0.3) is 0 Å². The Labute approximate surface area is 123 Å². The molecule has 0 spiro atoms. The second-order valence-corrected chi connectivity index (χ2v) is 6.44. The first kappa shape index (κ1) is 13.4. The van der Waals surface area contributed by atoms with Crippen molar-refractivity contribution in [1.29, 1.82) is 0 Å². The van der Waals surface area contributed by atoms with Gasteiger partial charge in [0, 0.05) is 36.7 Å². The third-order valence-electron chi connectivity index (χ3n) is 4.13. The number of nitrogens with zero attached hydrogens (tertiary/aromatic N) is 1. The number of hydrogen-bond donors (Lipinski definition) is 1. The van der Waals surface area contributed by atoms with E-state index in [0.717, 1.165) is 31.3 Å². The van der Waals surface area contributed by atoms with E-state index in [2.05, 4.69) is 38.3 Å². The van der Waals surface area contributed by atoms with Gasteiger partial charge in [-0.05, 0) is 42.5 Å². The van der Waals surface area contributed by atoms with E-state index in [0.29, 0.717) is 6.04 Å². The third kappa shape index (κ3) is 3.30. The summed E-state index contributed by atoms with van der Waals surface area (Å²) in [5.74, 6) is 1.86. The van der Waals surface area contributed by atoms with Crippen LogP contribution in [0.3, 0.4) is 0 Å². The minimum atomic E-state index is 0.707. The van der Waals surface area contributed by atoms with Gasteiger partial charge < -0.3 is 10.1 Å². The van der Waals surface area contributed by atoms with Gasteiger partial charge in [0.1, 0.15) is 5.75 Å². The van der Waals surface area contributed by atoms with Gasteiger partial charge in [-0.15, -0.1) is 0 Å². The number of rotatable bonds is 4. The summed E-state index contributed by atoms with van der Waals surface area (Å²) in [5, 5.41) is 3.66. The molecule has 2 aliphatic rings. The SMILES string of the molecule is COc1ccc(Br)c(CN2CCNC(C3CC3)C2)c1. The van der Waals surface area contributed by atoms with Crippen LogP contribution in [-0.2, 0) is 6.54 Å². The summed E-state index contributed by atoms with van der Waals surface area (Å²) in [4.78, 5) is 2.55. The number of nitrogens with one attached hydrogen (secondary N) is 1. The Hall–Kier alpha value is -0.580. The summed E-state index contributed by atoms with van der Waals surface area (Å²) in [6.07, 6.45) is 2.82. The average Bonchev–Trinajstić information content (AvgIpc) is 3.26. The van der Waals surface area contributed by atoms with Crippen LogP contribution in [0.1, 0.15) is 18.4 Å². The van der Waals surface area contributed by atoms with Gasteiger partial charge in [-0.1, -0.05) is 15.9 Å². The molecule has 1 atom stereocenters. The lowest BCUT2D eigenvalue weighted by molar-refractivity contribution is 0.181. The minimum absolute atomic E-state index is 0.707. The molecular formula is C15H21BrN2O. The highest BCUT2D eigenvalue weighted by Crippen LogP contribution is 2.34. The van der Waals surface area contributed by atoms with Crippen molar-refractivity contribution in [3.63, 3.8) is 0 Å². The maximum absolute atomic E-state index is 5.32. The highest BCUT2D eigenvalue weighted by atomic mass is 79.9. The minimum Gasteiger partial charge on any atom is -0.497 e. The van der Waals surface area contributed by atoms with E-state index >= 15 is 0 Å². The van der Waals surface area contributed by atoms with E-state index in [4.69, 9.17) is 4.74 Å². The molecule has 1 heterocycles.